The Hall–Kier alpha value is -1.90. The minimum atomic E-state index is -0.605. The van der Waals surface area contributed by atoms with E-state index < -0.39 is 5.97 Å². The summed E-state index contributed by atoms with van der Waals surface area (Å²) in [5, 5.41) is 0. The minimum absolute atomic E-state index is 0.259. The number of hydrogen-bond donors (Lipinski definition) is 0. The molecule has 15 heavy (non-hydrogen) atoms. The lowest BCUT2D eigenvalue weighted by Gasteiger charge is -2.01. The maximum atomic E-state index is 11.4. The monoisotopic (exact) mass is 206 g/mol. The highest BCUT2D eigenvalue weighted by molar-refractivity contribution is 6.00. The van der Waals surface area contributed by atoms with E-state index in [1.54, 1.807) is 31.2 Å². The van der Waals surface area contributed by atoms with E-state index >= 15 is 0 Å². The Morgan fingerprint density at radius 3 is 2.47 bits per heavy atom. The Kier molecular flexibility index (Phi) is 6.55. The van der Waals surface area contributed by atoms with Gasteiger partial charge in [-0.05, 0) is 6.92 Å². The maximum Gasteiger partial charge on any atom is 0.330 e. The Morgan fingerprint density at radius 1 is 1.33 bits per heavy atom. The maximum absolute atomic E-state index is 11.4. The third-order valence-corrected chi connectivity index (χ3v) is 1.56. The second-order valence-electron chi connectivity index (χ2n) is 2.57. The van der Waals surface area contributed by atoms with Gasteiger partial charge in [-0.2, -0.15) is 0 Å². The molecule has 0 fully saturated rings. The summed E-state index contributed by atoms with van der Waals surface area (Å²) in [6.07, 6.45) is 7.47. The molecule has 0 aliphatic carbocycles. The third kappa shape index (κ3) is 5.41. The summed E-state index contributed by atoms with van der Waals surface area (Å²) in [6.45, 7) is 8.18. The van der Waals surface area contributed by atoms with Gasteiger partial charge in [0.25, 0.3) is 0 Å². The van der Waals surface area contributed by atoms with Crippen molar-refractivity contribution in [3.05, 3.63) is 49.1 Å². The number of esters is 1. The number of ether oxygens (including phenoxy) is 1. The van der Waals surface area contributed by atoms with Gasteiger partial charge >= 0.3 is 5.97 Å². The Morgan fingerprint density at radius 2 is 2.00 bits per heavy atom. The molecule has 0 aromatic rings. The van der Waals surface area contributed by atoms with Crippen LogP contribution in [-0.2, 0) is 14.3 Å². The van der Waals surface area contributed by atoms with Gasteiger partial charge in [-0.1, -0.05) is 37.5 Å². The first-order chi connectivity index (χ1) is 7.15. The van der Waals surface area contributed by atoms with E-state index in [1.807, 2.05) is 0 Å². The number of rotatable bonds is 6. The second kappa shape index (κ2) is 7.50. The number of hydrogen-bond acceptors (Lipinski definition) is 3. The van der Waals surface area contributed by atoms with Gasteiger partial charge in [0.15, 0.2) is 12.4 Å². The topological polar surface area (TPSA) is 43.4 Å². The fourth-order valence-electron chi connectivity index (χ4n) is 0.801. The molecule has 0 saturated heterocycles. The molecule has 0 amide bonds. The van der Waals surface area contributed by atoms with Crippen molar-refractivity contribution in [3.63, 3.8) is 0 Å². The van der Waals surface area contributed by atoms with Crippen molar-refractivity contribution in [3.8, 4) is 0 Å². The van der Waals surface area contributed by atoms with Gasteiger partial charge in [0.2, 0.25) is 0 Å². The zero-order valence-electron chi connectivity index (χ0n) is 8.73. The predicted octanol–water partition coefficient (Wildman–Crippen LogP) is 1.97. The van der Waals surface area contributed by atoms with Crippen molar-refractivity contribution in [1.82, 2.24) is 0 Å². The molecule has 0 aromatic heterocycles. The molecule has 3 nitrogen and oxygen atoms in total. The summed E-state index contributed by atoms with van der Waals surface area (Å²) in [7, 11) is 0. The molecule has 80 valence electrons. The molecular formula is C12H14O3. The van der Waals surface area contributed by atoms with E-state index in [9.17, 15) is 9.59 Å². The molecule has 0 aromatic carbocycles. The Bertz CT molecular complexity index is 322. The fraction of sp³-hybridized carbons (Fsp3) is 0.167. The molecule has 0 atom stereocenters. The van der Waals surface area contributed by atoms with Crippen molar-refractivity contribution in [2.75, 3.05) is 6.61 Å². The lowest BCUT2D eigenvalue weighted by atomic mass is 10.1. The van der Waals surface area contributed by atoms with Gasteiger partial charge in [0.05, 0.1) is 0 Å². The van der Waals surface area contributed by atoms with Crippen molar-refractivity contribution >= 4 is 11.8 Å². The first kappa shape index (κ1) is 13.1. The molecule has 0 rings (SSSR count). The number of carbonyl (C=O) groups is 2. The zero-order chi connectivity index (χ0) is 11.7. The van der Waals surface area contributed by atoms with Gasteiger partial charge in [0, 0.05) is 11.6 Å². The SMILES string of the molecule is C=C/C=C\C(=C/C)C(=O)COC(=O)C=C. The Balaban J connectivity index is 4.29. The number of Topliss-reactive ketones (excluding diaryl/α,β-unsaturated/α-hetero) is 1. The van der Waals surface area contributed by atoms with Crippen LogP contribution in [0, 0.1) is 0 Å². The molecule has 0 radical (unpaired) electrons. The van der Waals surface area contributed by atoms with Crippen LogP contribution in [0.4, 0.5) is 0 Å². The van der Waals surface area contributed by atoms with Gasteiger partial charge in [0.1, 0.15) is 0 Å². The molecule has 0 N–H and O–H groups in total. The molecule has 0 unspecified atom stereocenters. The second-order valence-corrected chi connectivity index (χ2v) is 2.57. The average molecular weight is 206 g/mol. The highest BCUT2D eigenvalue weighted by atomic mass is 16.5. The first-order valence-electron chi connectivity index (χ1n) is 4.43. The molecule has 3 heteroatoms. The van der Waals surface area contributed by atoms with E-state index in [1.165, 1.54) is 0 Å². The average Bonchev–Trinajstić information content (AvgIpc) is 2.26. The van der Waals surface area contributed by atoms with Crippen molar-refractivity contribution in [2.24, 2.45) is 0 Å². The van der Waals surface area contributed by atoms with Crippen LogP contribution in [-0.4, -0.2) is 18.4 Å². The summed E-state index contributed by atoms with van der Waals surface area (Å²) in [5.74, 6) is -0.864. The normalized spacial score (nSPS) is 11.1. The molecule has 0 bridgehead atoms. The minimum Gasteiger partial charge on any atom is -0.454 e. The van der Waals surface area contributed by atoms with Crippen LogP contribution in [0.5, 0.6) is 0 Å². The quantitative estimate of drug-likeness (QED) is 0.379. The van der Waals surface area contributed by atoms with E-state index in [2.05, 4.69) is 17.9 Å². The van der Waals surface area contributed by atoms with E-state index in [0.717, 1.165) is 6.08 Å². The van der Waals surface area contributed by atoms with E-state index in [0.29, 0.717) is 5.57 Å². The van der Waals surface area contributed by atoms with Crippen LogP contribution >= 0.6 is 0 Å². The third-order valence-electron chi connectivity index (χ3n) is 1.56. The first-order valence-corrected chi connectivity index (χ1v) is 4.43. The predicted molar refractivity (Wildman–Crippen MR) is 59.3 cm³/mol. The molecule has 0 aliphatic rings. The lowest BCUT2D eigenvalue weighted by Crippen LogP contribution is -2.13. The van der Waals surface area contributed by atoms with Crippen LogP contribution < -0.4 is 0 Å². The summed E-state index contributed by atoms with van der Waals surface area (Å²) < 4.78 is 4.61. The van der Waals surface area contributed by atoms with E-state index in [4.69, 9.17) is 0 Å². The zero-order valence-corrected chi connectivity index (χ0v) is 8.73. The molecule has 0 heterocycles. The van der Waals surface area contributed by atoms with Gasteiger partial charge in [-0.25, -0.2) is 4.79 Å². The number of allylic oxidation sites excluding steroid dienone is 4. The number of ketones is 1. The molecule has 0 spiro atoms. The molecule has 0 aliphatic heterocycles. The van der Waals surface area contributed by atoms with Crippen LogP contribution in [0.2, 0.25) is 0 Å². The van der Waals surface area contributed by atoms with Gasteiger partial charge < -0.3 is 4.74 Å². The van der Waals surface area contributed by atoms with Crippen LogP contribution in [0.1, 0.15) is 6.92 Å². The number of carbonyl (C=O) groups excluding carboxylic acids is 2. The fourth-order valence-corrected chi connectivity index (χ4v) is 0.801. The van der Waals surface area contributed by atoms with Gasteiger partial charge in [-0.3, -0.25) is 4.79 Å². The van der Waals surface area contributed by atoms with Crippen molar-refractivity contribution < 1.29 is 14.3 Å². The summed E-state index contributed by atoms with van der Waals surface area (Å²) in [5.41, 5.74) is 0.478. The standard InChI is InChI=1S/C12H14O3/c1-4-7-8-10(5-2)11(13)9-15-12(14)6-3/h4-8H,1,3,9H2,2H3/b8-7-,10-5+. The Labute approximate surface area is 89.4 Å². The van der Waals surface area contributed by atoms with Crippen LogP contribution in [0.3, 0.4) is 0 Å². The summed E-state index contributed by atoms with van der Waals surface area (Å²) in [4.78, 5) is 22.1. The highest BCUT2D eigenvalue weighted by Gasteiger charge is 2.07. The van der Waals surface area contributed by atoms with Crippen LogP contribution in [0.25, 0.3) is 0 Å². The molecular weight excluding hydrogens is 192 g/mol. The largest absolute Gasteiger partial charge is 0.454 e. The van der Waals surface area contributed by atoms with Crippen LogP contribution in [0.15, 0.2) is 49.1 Å². The highest BCUT2D eigenvalue weighted by Crippen LogP contribution is 2.00. The molecule has 0 saturated carbocycles. The smallest absolute Gasteiger partial charge is 0.330 e. The summed E-state index contributed by atoms with van der Waals surface area (Å²) in [6, 6.07) is 0. The summed E-state index contributed by atoms with van der Waals surface area (Å²) >= 11 is 0. The van der Waals surface area contributed by atoms with Crippen molar-refractivity contribution in [2.45, 2.75) is 6.92 Å². The van der Waals surface area contributed by atoms with Gasteiger partial charge in [-0.15, -0.1) is 0 Å². The lowest BCUT2D eigenvalue weighted by molar-refractivity contribution is -0.141. The van der Waals surface area contributed by atoms with E-state index in [-0.39, 0.29) is 12.4 Å². The van der Waals surface area contributed by atoms with Crippen molar-refractivity contribution in [1.29, 1.82) is 0 Å².